The van der Waals surface area contributed by atoms with Crippen molar-refractivity contribution in [1.29, 1.82) is 0 Å². The van der Waals surface area contributed by atoms with E-state index in [0.717, 1.165) is 45.1 Å². The van der Waals surface area contributed by atoms with E-state index in [1.165, 1.54) is 17.5 Å². The molecule has 4 unspecified atom stereocenters. The summed E-state index contributed by atoms with van der Waals surface area (Å²) in [5.74, 6) is 0.620. The van der Waals surface area contributed by atoms with Gasteiger partial charge in [-0.1, -0.05) is 29.8 Å². The fraction of sp³-hybridized carbons (Fsp3) is 0.621. The number of hydrogen-bond acceptors (Lipinski definition) is 8. The van der Waals surface area contributed by atoms with Crippen molar-refractivity contribution in [3.63, 3.8) is 0 Å². The number of benzene rings is 1. The Labute approximate surface area is 225 Å². The topological polar surface area (TPSA) is 97.8 Å². The quantitative estimate of drug-likeness (QED) is 0.543. The SMILES string of the molecule is COC1COCCC1NC1CCN(C(=O)c2cc(NCC3CCCC(c4ccc(C)cc4)O3)ncn2)CC1. The summed E-state index contributed by atoms with van der Waals surface area (Å²) in [6.07, 6.45) is 7.74. The van der Waals surface area contributed by atoms with Gasteiger partial charge in [-0.2, -0.15) is 0 Å². The molecule has 0 radical (unpaired) electrons. The maximum atomic E-state index is 13.2. The lowest BCUT2D eigenvalue weighted by Crippen LogP contribution is -2.54. The van der Waals surface area contributed by atoms with Gasteiger partial charge in [0.2, 0.25) is 0 Å². The third-order valence-electron chi connectivity index (χ3n) is 8.03. The highest BCUT2D eigenvalue weighted by atomic mass is 16.5. The van der Waals surface area contributed by atoms with Gasteiger partial charge >= 0.3 is 0 Å². The van der Waals surface area contributed by atoms with E-state index in [2.05, 4.69) is 51.8 Å². The molecule has 9 nitrogen and oxygen atoms in total. The molecule has 0 bridgehead atoms. The Morgan fingerprint density at radius 3 is 2.71 bits per heavy atom. The van der Waals surface area contributed by atoms with Crippen LogP contribution in [0, 0.1) is 6.92 Å². The molecule has 4 heterocycles. The Hall–Kier alpha value is -2.59. The molecule has 2 N–H and O–H groups in total. The lowest BCUT2D eigenvalue weighted by atomic mass is 9.97. The van der Waals surface area contributed by atoms with Gasteiger partial charge in [-0.25, -0.2) is 9.97 Å². The normalized spacial score (nSPS) is 26.7. The van der Waals surface area contributed by atoms with Crippen LogP contribution < -0.4 is 10.6 Å². The summed E-state index contributed by atoms with van der Waals surface area (Å²) in [6.45, 7) is 5.57. The first-order valence-electron chi connectivity index (χ1n) is 14.0. The molecular weight excluding hydrogens is 482 g/mol. The van der Waals surface area contributed by atoms with E-state index in [1.54, 1.807) is 13.2 Å². The Morgan fingerprint density at radius 1 is 1.11 bits per heavy atom. The average molecular weight is 524 g/mol. The molecule has 1 aromatic heterocycles. The number of rotatable bonds is 8. The number of hydrogen-bond donors (Lipinski definition) is 2. The minimum Gasteiger partial charge on any atom is -0.379 e. The van der Waals surface area contributed by atoms with Gasteiger partial charge in [0, 0.05) is 51.5 Å². The lowest BCUT2D eigenvalue weighted by molar-refractivity contribution is -0.0533. The first-order chi connectivity index (χ1) is 18.6. The van der Waals surface area contributed by atoms with Gasteiger partial charge in [0.1, 0.15) is 17.8 Å². The van der Waals surface area contributed by atoms with Crippen LogP contribution in [0.1, 0.15) is 66.2 Å². The summed E-state index contributed by atoms with van der Waals surface area (Å²) in [7, 11) is 1.74. The van der Waals surface area contributed by atoms with Crippen molar-refractivity contribution in [2.75, 3.05) is 45.3 Å². The lowest BCUT2D eigenvalue weighted by Gasteiger charge is -2.38. The van der Waals surface area contributed by atoms with Gasteiger partial charge in [-0.3, -0.25) is 4.79 Å². The van der Waals surface area contributed by atoms with E-state index in [0.29, 0.717) is 49.8 Å². The van der Waals surface area contributed by atoms with E-state index in [1.807, 2.05) is 4.90 Å². The molecule has 0 saturated carbocycles. The highest BCUT2D eigenvalue weighted by molar-refractivity contribution is 5.93. The fourth-order valence-electron chi connectivity index (χ4n) is 5.71. The number of aromatic nitrogens is 2. The monoisotopic (exact) mass is 523 g/mol. The number of nitrogens with one attached hydrogen (secondary N) is 2. The van der Waals surface area contributed by atoms with Crippen molar-refractivity contribution >= 4 is 11.7 Å². The number of likely N-dealkylation sites (tertiary alicyclic amines) is 1. The number of nitrogens with zero attached hydrogens (tertiary/aromatic N) is 3. The number of piperidine rings is 1. The van der Waals surface area contributed by atoms with Gasteiger partial charge in [0.15, 0.2) is 0 Å². The average Bonchev–Trinajstić information content (AvgIpc) is 2.97. The molecule has 3 aliphatic heterocycles. The largest absolute Gasteiger partial charge is 0.379 e. The van der Waals surface area contributed by atoms with Crippen molar-refractivity contribution in [2.45, 2.75) is 75.8 Å². The van der Waals surface area contributed by atoms with Crippen LogP contribution in [0.5, 0.6) is 0 Å². The molecule has 0 spiro atoms. The molecule has 1 aromatic carbocycles. The molecule has 5 rings (SSSR count). The zero-order valence-corrected chi connectivity index (χ0v) is 22.6. The van der Waals surface area contributed by atoms with Gasteiger partial charge in [-0.05, 0) is 51.0 Å². The first kappa shape index (κ1) is 27.0. The highest BCUT2D eigenvalue weighted by Gasteiger charge is 2.31. The Balaban J connectivity index is 1.10. The summed E-state index contributed by atoms with van der Waals surface area (Å²) in [5, 5.41) is 7.12. The molecule has 3 saturated heterocycles. The predicted octanol–water partition coefficient (Wildman–Crippen LogP) is 3.51. The third kappa shape index (κ3) is 6.88. The molecule has 4 atom stereocenters. The summed E-state index contributed by atoms with van der Waals surface area (Å²) < 4.78 is 17.5. The summed E-state index contributed by atoms with van der Waals surface area (Å²) >= 11 is 0. The standard InChI is InChI=1S/C29H41N5O4/c1-20-6-8-21(9-7-20)26-5-3-4-23(38-26)17-30-28-16-25(31-19-32-28)29(35)34-13-10-22(11-14-34)33-24-12-15-37-18-27(24)36-2/h6-9,16,19,22-24,26-27,33H,3-5,10-15,17-18H2,1-2H3,(H,30,31,32). The number of ether oxygens (including phenoxy) is 3. The number of methoxy groups -OCH3 is 1. The molecule has 2 aromatic rings. The molecular formula is C29H41N5O4. The zero-order chi connectivity index (χ0) is 26.3. The second kappa shape index (κ2) is 13.0. The summed E-state index contributed by atoms with van der Waals surface area (Å²) in [5.41, 5.74) is 2.92. The van der Waals surface area contributed by atoms with Gasteiger partial charge in [0.05, 0.1) is 24.9 Å². The molecule has 1 amide bonds. The Bertz CT molecular complexity index is 1040. The van der Waals surface area contributed by atoms with Crippen LogP contribution in [0.4, 0.5) is 5.82 Å². The van der Waals surface area contributed by atoms with E-state index in [9.17, 15) is 4.79 Å². The van der Waals surface area contributed by atoms with E-state index in [-0.39, 0.29) is 24.2 Å². The highest BCUT2D eigenvalue weighted by Crippen LogP contribution is 2.31. The van der Waals surface area contributed by atoms with Crippen molar-refractivity contribution in [1.82, 2.24) is 20.2 Å². The van der Waals surface area contributed by atoms with Crippen molar-refractivity contribution < 1.29 is 19.0 Å². The van der Waals surface area contributed by atoms with Crippen LogP contribution >= 0.6 is 0 Å². The van der Waals surface area contributed by atoms with Crippen molar-refractivity contribution in [3.8, 4) is 0 Å². The van der Waals surface area contributed by atoms with Crippen LogP contribution in [-0.4, -0.2) is 85.0 Å². The Morgan fingerprint density at radius 2 is 1.92 bits per heavy atom. The second-order valence-corrected chi connectivity index (χ2v) is 10.7. The molecule has 38 heavy (non-hydrogen) atoms. The smallest absolute Gasteiger partial charge is 0.272 e. The predicted molar refractivity (Wildman–Crippen MR) is 145 cm³/mol. The fourth-order valence-corrected chi connectivity index (χ4v) is 5.71. The summed E-state index contributed by atoms with van der Waals surface area (Å²) in [4.78, 5) is 23.7. The maximum Gasteiger partial charge on any atom is 0.272 e. The number of anilines is 1. The molecule has 3 fully saturated rings. The minimum atomic E-state index is -0.0388. The van der Waals surface area contributed by atoms with Crippen LogP contribution in [0.3, 0.4) is 0 Å². The van der Waals surface area contributed by atoms with Crippen molar-refractivity contribution in [2.24, 2.45) is 0 Å². The van der Waals surface area contributed by atoms with Gasteiger partial charge in [-0.15, -0.1) is 0 Å². The van der Waals surface area contributed by atoms with Crippen LogP contribution in [0.2, 0.25) is 0 Å². The van der Waals surface area contributed by atoms with Crippen LogP contribution in [0.25, 0.3) is 0 Å². The number of carbonyl (C=O) groups excluding carboxylic acids is 1. The third-order valence-corrected chi connectivity index (χ3v) is 8.03. The zero-order valence-electron chi connectivity index (χ0n) is 22.6. The van der Waals surface area contributed by atoms with Crippen LogP contribution in [-0.2, 0) is 14.2 Å². The van der Waals surface area contributed by atoms with Gasteiger partial charge in [0.25, 0.3) is 5.91 Å². The number of amides is 1. The number of aryl methyl sites for hydroxylation is 1. The molecule has 9 heteroatoms. The van der Waals surface area contributed by atoms with E-state index < -0.39 is 0 Å². The molecule has 3 aliphatic rings. The molecule has 0 aliphatic carbocycles. The van der Waals surface area contributed by atoms with Gasteiger partial charge < -0.3 is 29.7 Å². The van der Waals surface area contributed by atoms with Crippen LogP contribution in [0.15, 0.2) is 36.7 Å². The van der Waals surface area contributed by atoms with E-state index >= 15 is 0 Å². The Kier molecular flexibility index (Phi) is 9.22. The second-order valence-electron chi connectivity index (χ2n) is 10.7. The number of carbonyl (C=O) groups is 1. The molecule has 206 valence electrons. The maximum absolute atomic E-state index is 13.2. The first-order valence-corrected chi connectivity index (χ1v) is 14.0. The van der Waals surface area contributed by atoms with Crippen molar-refractivity contribution in [3.05, 3.63) is 53.5 Å². The van der Waals surface area contributed by atoms with E-state index in [4.69, 9.17) is 14.2 Å². The summed E-state index contributed by atoms with van der Waals surface area (Å²) in [6, 6.07) is 11.1. The minimum absolute atomic E-state index is 0.0388.